The van der Waals surface area contributed by atoms with E-state index in [1.807, 2.05) is 0 Å². The van der Waals surface area contributed by atoms with Crippen molar-refractivity contribution < 1.29 is 33.8 Å². The summed E-state index contributed by atoms with van der Waals surface area (Å²) in [5, 5.41) is 10.9. The van der Waals surface area contributed by atoms with Gasteiger partial charge in [-0.15, -0.1) is 0 Å². The summed E-state index contributed by atoms with van der Waals surface area (Å²) >= 11 is 0. The maximum Gasteiger partial charge on any atom is 0.328 e. The third-order valence-electron chi connectivity index (χ3n) is 2.65. The van der Waals surface area contributed by atoms with Gasteiger partial charge in [0, 0.05) is 12.8 Å². The van der Waals surface area contributed by atoms with Crippen molar-refractivity contribution in [1.29, 1.82) is 0 Å². The average Bonchev–Trinajstić information content (AvgIpc) is 2.46. The number of nitrogens with one attached hydrogen (secondary N) is 1. The number of hydrogen-bond donors (Lipinski definition) is 3. The molecule has 4 N–H and O–H groups in total. The van der Waals surface area contributed by atoms with Gasteiger partial charge in [-0.1, -0.05) is 0 Å². The van der Waals surface area contributed by atoms with Gasteiger partial charge in [0.15, 0.2) is 0 Å². The van der Waals surface area contributed by atoms with E-state index in [9.17, 15) is 19.2 Å². The van der Waals surface area contributed by atoms with E-state index in [2.05, 4.69) is 14.8 Å². The Kier molecular flexibility index (Phi) is 8.70. The molecule has 0 radical (unpaired) electrons. The van der Waals surface area contributed by atoms with Crippen LogP contribution in [0.3, 0.4) is 0 Å². The highest BCUT2D eigenvalue weighted by Crippen LogP contribution is 2.03. The van der Waals surface area contributed by atoms with Crippen molar-refractivity contribution >= 4 is 23.8 Å². The first-order valence-corrected chi connectivity index (χ1v) is 6.24. The van der Waals surface area contributed by atoms with Crippen LogP contribution in [0.25, 0.3) is 0 Å². The summed E-state index contributed by atoms with van der Waals surface area (Å²) in [5.74, 6) is -3.00. The molecule has 0 bridgehead atoms. The molecule has 0 heterocycles. The summed E-state index contributed by atoms with van der Waals surface area (Å²) in [6.45, 7) is 0. The van der Waals surface area contributed by atoms with E-state index in [4.69, 9.17) is 10.8 Å². The van der Waals surface area contributed by atoms with Gasteiger partial charge in [-0.2, -0.15) is 0 Å². The molecule has 0 spiro atoms. The molecule has 0 unspecified atom stereocenters. The van der Waals surface area contributed by atoms with E-state index < -0.39 is 35.9 Å². The number of nitrogens with two attached hydrogens (primary N) is 1. The van der Waals surface area contributed by atoms with Crippen LogP contribution in [0, 0.1) is 0 Å². The van der Waals surface area contributed by atoms with Crippen molar-refractivity contribution in [2.24, 2.45) is 5.73 Å². The molecule has 0 saturated heterocycles. The van der Waals surface area contributed by atoms with Crippen LogP contribution < -0.4 is 11.1 Å². The zero-order valence-electron chi connectivity index (χ0n) is 12.0. The standard InChI is InChI=1S/C12H20N2O7/c1-20-11(18)7(13)3-5-9(15)14-8(12(19)21-2)4-6-10(16)17/h7-8H,3-6,13H2,1-2H3,(H,14,15)(H,16,17)/t7-,8+/m1/s1. The zero-order valence-corrected chi connectivity index (χ0v) is 12.0. The number of methoxy groups -OCH3 is 2. The Hall–Kier alpha value is -2.16. The molecule has 9 heteroatoms. The van der Waals surface area contributed by atoms with E-state index in [-0.39, 0.29) is 25.7 Å². The smallest absolute Gasteiger partial charge is 0.328 e. The normalized spacial score (nSPS) is 12.9. The molecular weight excluding hydrogens is 284 g/mol. The minimum atomic E-state index is -1.09. The largest absolute Gasteiger partial charge is 0.481 e. The fourth-order valence-corrected chi connectivity index (χ4v) is 1.48. The predicted molar refractivity (Wildman–Crippen MR) is 70.0 cm³/mol. The van der Waals surface area contributed by atoms with Crippen molar-refractivity contribution in [2.75, 3.05) is 14.2 Å². The molecule has 0 aromatic carbocycles. The van der Waals surface area contributed by atoms with Crippen LogP contribution in [0.2, 0.25) is 0 Å². The van der Waals surface area contributed by atoms with E-state index in [1.165, 1.54) is 7.11 Å². The number of carbonyl (C=O) groups excluding carboxylic acids is 3. The molecule has 0 aromatic heterocycles. The first-order chi connectivity index (χ1) is 9.81. The van der Waals surface area contributed by atoms with Gasteiger partial charge in [0.05, 0.1) is 14.2 Å². The summed E-state index contributed by atoms with van der Waals surface area (Å²) in [5.41, 5.74) is 5.47. The van der Waals surface area contributed by atoms with Gasteiger partial charge in [-0.25, -0.2) is 4.79 Å². The minimum Gasteiger partial charge on any atom is -0.481 e. The molecule has 21 heavy (non-hydrogen) atoms. The number of carboxylic acids is 1. The molecule has 120 valence electrons. The molecule has 0 aliphatic rings. The van der Waals surface area contributed by atoms with Crippen molar-refractivity contribution in [2.45, 2.75) is 37.8 Å². The number of esters is 2. The van der Waals surface area contributed by atoms with Crippen molar-refractivity contribution in [3.8, 4) is 0 Å². The summed E-state index contributed by atoms with van der Waals surface area (Å²) in [6.07, 6.45) is -0.430. The highest BCUT2D eigenvalue weighted by molar-refractivity contribution is 5.85. The first-order valence-electron chi connectivity index (χ1n) is 6.24. The maximum atomic E-state index is 11.7. The van der Waals surface area contributed by atoms with Gasteiger partial charge in [0.1, 0.15) is 12.1 Å². The van der Waals surface area contributed by atoms with Crippen molar-refractivity contribution in [3.63, 3.8) is 0 Å². The zero-order chi connectivity index (χ0) is 16.4. The van der Waals surface area contributed by atoms with Crippen LogP contribution in [0.15, 0.2) is 0 Å². The second-order valence-electron chi connectivity index (χ2n) is 4.24. The lowest BCUT2D eigenvalue weighted by molar-refractivity contribution is -0.146. The van der Waals surface area contributed by atoms with Gasteiger partial charge >= 0.3 is 17.9 Å². The number of hydrogen-bond acceptors (Lipinski definition) is 7. The average molecular weight is 304 g/mol. The first kappa shape index (κ1) is 18.8. The van der Waals surface area contributed by atoms with E-state index in [0.29, 0.717) is 0 Å². The van der Waals surface area contributed by atoms with Gasteiger partial charge < -0.3 is 25.6 Å². The molecule has 0 saturated carbocycles. The van der Waals surface area contributed by atoms with E-state index >= 15 is 0 Å². The summed E-state index contributed by atoms with van der Waals surface area (Å²) in [7, 11) is 2.32. The van der Waals surface area contributed by atoms with Crippen molar-refractivity contribution in [1.82, 2.24) is 5.32 Å². The van der Waals surface area contributed by atoms with Crippen LogP contribution in [-0.4, -0.2) is 55.2 Å². The van der Waals surface area contributed by atoms with Crippen LogP contribution in [0.4, 0.5) is 0 Å². The fourth-order valence-electron chi connectivity index (χ4n) is 1.48. The number of aliphatic carboxylic acids is 1. The number of ether oxygens (including phenoxy) is 2. The molecule has 0 rings (SSSR count). The number of amides is 1. The second kappa shape index (κ2) is 9.70. The molecule has 0 aromatic rings. The third-order valence-corrected chi connectivity index (χ3v) is 2.65. The van der Waals surface area contributed by atoms with Crippen molar-refractivity contribution in [3.05, 3.63) is 0 Å². The van der Waals surface area contributed by atoms with Crippen LogP contribution in [-0.2, 0) is 28.7 Å². The Morgan fingerprint density at radius 1 is 1.05 bits per heavy atom. The molecule has 0 aliphatic carbocycles. The molecule has 0 fully saturated rings. The summed E-state index contributed by atoms with van der Waals surface area (Å²) in [6, 6.07) is -1.98. The SMILES string of the molecule is COC(=O)[C@H](N)CCC(=O)N[C@@H](CCC(=O)O)C(=O)OC. The minimum absolute atomic E-state index is 0.0470. The number of carbonyl (C=O) groups is 4. The quantitative estimate of drug-likeness (QED) is 0.450. The Morgan fingerprint density at radius 3 is 2.10 bits per heavy atom. The monoisotopic (exact) mass is 304 g/mol. The number of rotatable bonds is 9. The van der Waals surface area contributed by atoms with E-state index in [0.717, 1.165) is 7.11 Å². The maximum absolute atomic E-state index is 11.7. The van der Waals surface area contributed by atoms with Gasteiger partial charge in [0.25, 0.3) is 0 Å². The molecule has 0 aliphatic heterocycles. The Labute approximate surface area is 121 Å². The number of carboxylic acid groups (broad SMARTS) is 1. The summed E-state index contributed by atoms with van der Waals surface area (Å²) in [4.78, 5) is 44.6. The molecule has 2 atom stereocenters. The molecular formula is C12H20N2O7. The van der Waals surface area contributed by atoms with Gasteiger partial charge in [0.2, 0.25) is 5.91 Å². The highest BCUT2D eigenvalue weighted by atomic mass is 16.5. The van der Waals surface area contributed by atoms with Crippen LogP contribution in [0.1, 0.15) is 25.7 Å². The van der Waals surface area contributed by atoms with E-state index in [1.54, 1.807) is 0 Å². The Morgan fingerprint density at radius 2 is 1.62 bits per heavy atom. The Bertz CT molecular complexity index is 397. The fraction of sp³-hybridized carbons (Fsp3) is 0.667. The highest BCUT2D eigenvalue weighted by Gasteiger charge is 2.23. The summed E-state index contributed by atoms with van der Waals surface area (Å²) < 4.78 is 8.89. The lowest BCUT2D eigenvalue weighted by Gasteiger charge is -2.16. The lowest BCUT2D eigenvalue weighted by atomic mass is 10.1. The topological polar surface area (TPSA) is 145 Å². The second-order valence-corrected chi connectivity index (χ2v) is 4.24. The molecule has 9 nitrogen and oxygen atoms in total. The Balaban J connectivity index is 4.36. The lowest BCUT2D eigenvalue weighted by Crippen LogP contribution is -2.42. The third kappa shape index (κ3) is 7.88. The van der Waals surface area contributed by atoms with Crippen LogP contribution in [0.5, 0.6) is 0 Å². The predicted octanol–water partition coefficient (Wildman–Crippen LogP) is -1.21. The van der Waals surface area contributed by atoms with Gasteiger partial charge in [-0.05, 0) is 12.8 Å². The van der Waals surface area contributed by atoms with Gasteiger partial charge in [-0.3, -0.25) is 14.4 Å². The molecule has 1 amide bonds. The van der Waals surface area contributed by atoms with Crippen LogP contribution >= 0.6 is 0 Å².